The van der Waals surface area contributed by atoms with E-state index in [2.05, 4.69) is 27.2 Å². The molecule has 0 saturated heterocycles. The third-order valence-corrected chi connectivity index (χ3v) is 6.95. The standard InChI is InChI=1S/C22H21ClN4O3S/c1-24-17-8-13(10-28)31-22(17)19(25-2)14-7-12(23)5-11-6-18(29-20(11)14)21-15-9-26-4-3-16(15)27-30-21/h5,7-8,18,26,28H,1,3-4,6,9-10H2,2H3. The van der Waals surface area contributed by atoms with Gasteiger partial charge in [0.25, 0.3) is 0 Å². The number of aliphatic hydroxyl groups is 1. The summed E-state index contributed by atoms with van der Waals surface area (Å²) >= 11 is 7.91. The predicted molar refractivity (Wildman–Crippen MR) is 121 cm³/mol. The second kappa shape index (κ2) is 8.20. The summed E-state index contributed by atoms with van der Waals surface area (Å²) in [6, 6.07) is 5.60. The Morgan fingerprint density at radius 2 is 2.29 bits per heavy atom. The molecular formula is C22H21ClN4O3S. The molecule has 0 bridgehead atoms. The lowest BCUT2D eigenvalue weighted by atomic mass is 9.99. The first-order valence-electron chi connectivity index (χ1n) is 9.97. The lowest BCUT2D eigenvalue weighted by Gasteiger charge is -2.15. The molecule has 2 aromatic heterocycles. The highest BCUT2D eigenvalue weighted by Crippen LogP contribution is 2.44. The van der Waals surface area contributed by atoms with Crippen molar-refractivity contribution in [2.45, 2.75) is 32.1 Å². The highest BCUT2D eigenvalue weighted by Gasteiger charge is 2.35. The average Bonchev–Trinajstić information content (AvgIpc) is 3.50. The van der Waals surface area contributed by atoms with E-state index in [0.29, 0.717) is 22.8 Å². The molecule has 1 aromatic carbocycles. The fourth-order valence-corrected chi connectivity index (χ4v) is 5.47. The van der Waals surface area contributed by atoms with Crippen LogP contribution in [0.1, 0.15) is 44.0 Å². The van der Waals surface area contributed by atoms with Gasteiger partial charge in [0.15, 0.2) is 11.9 Å². The van der Waals surface area contributed by atoms with E-state index < -0.39 is 0 Å². The van der Waals surface area contributed by atoms with Crippen molar-refractivity contribution >= 4 is 41.1 Å². The number of ether oxygens (including phenoxy) is 1. The van der Waals surface area contributed by atoms with Crippen molar-refractivity contribution in [1.82, 2.24) is 10.5 Å². The van der Waals surface area contributed by atoms with Gasteiger partial charge in [-0.25, -0.2) is 0 Å². The Hall–Kier alpha value is -2.52. The van der Waals surface area contributed by atoms with Crippen LogP contribution in [0.3, 0.4) is 0 Å². The number of aliphatic imine (C=N–C) groups is 2. The van der Waals surface area contributed by atoms with Gasteiger partial charge in [-0.15, -0.1) is 11.3 Å². The number of nitrogens with one attached hydrogen (secondary N) is 1. The van der Waals surface area contributed by atoms with Gasteiger partial charge in [0.05, 0.1) is 28.6 Å². The van der Waals surface area contributed by atoms with E-state index in [0.717, 1.165) is 63.2 Å². The Bertz CT molecular complexity index is 1200. The molecule has 2 aliphatic rings. The fraction of sp³-hybridized carbons (Fsp3) is 0.318. The van der Waals surface area contributed by atoms with Crippen molar-refractivity contribution in [3.8, 4) is 5.75 Å². The molecule has 0 radical (unpaired) electrons. The van der Waals surface area contributed by atoms with Gasteiger partial charge in [0, 0.05) is 59.6 Å². The molecular weight excluding hydrogens is 436 g/mol. The molecule has 0 amide bonds. The highest BCUT2D eigenvalue weighted by atomic mass is 35.5. The number of hydrogen-bond donors (Lipinski definition) is 2. The molecule has 1 atom stereocenters. The molecule has 2 aliphatic heterocycles. The van der Waals surface area contributed by atoms with Crippen molar-refractivity contribution in [2.24, 2.45) is 9.98 Å². The summed E-state index contributed by atoms with van der Waals surface area (Å²) < 4.78 is 12.1. The van der Waals surface area contributed by atoms with Crippen molar-refractivity contribution in [3.63, 3.8) is 0 Å². The Kier molecular flexibility index (Phi) is 5.39. The van der Waals surface area contributed by atoms with Crippen LogP contribution in [0.2, 0.25) is 5.02 Å². The minimum atomic E-state index is -0.269. The number of fused-ring (bicyclic) bond motifs is 2. The molecule has 31 heavy (non-hydrogen) atoms. The second-order valence-corrected chi connectivity index (χ2v) is 9.04. The SMILES string of the molecule is C=Nc1cc(CO)sc1C(=NC)c1cc(Cl)cc2c1OC(c1onc3c1CNCC3)C2. The van der Waals surface area contributed by atoms with Crippen LogP contribution < -0.4 is 10.1 Å². The quantitative estimate of drug-likeness (QED) is 0.566. The number of nitrogens with zero attached hydrogens (tertiary/aromatic N) is 3. The first-order valence-corrected chi connectivity index (χ1v) is 11.2. The second-order valence-electron chi connectivity index (χ2n) is 7.47. The monoisotopic (exact) mass is 456 g/mol. The maximum atomic E-state index is 9.57. The molecule has 4 heterocycles. The number of benzene rings is 1. The zero-order valence-electron chi connectivity index (χ0n) is 16.9. The van der Waals surface area contributed by atoms with Crippen LogP contribution in [0.25, 0.3) is 0 Å². The van der Waals surface area contributed by atoms with Gasteiger partial charge in [-0.05, 0) is 24.9 Å². The van der Waals surface area contributed by atoms with E-state index in [1.165, 1.54) is 11.3 Å². The molecule has 2 N–H and O–H groups in total. The molecule has 0 fully saturated rings. The van der Waals surface area contributed by atoms with E-state index in [9.17, 15) is 5.11 Å². The molecule has 5 rings (SSSR count). The van der Waals surface area contributed by atoms with Crippen molar-refractivity contribution < 1.29 is 14.4 Å². The molecule has 160 valence electrons. The molecule has 0 aliphatic carbocycles. The van der Waals surface area contributed by atoms with Crippen LogP contribution in [0.5, 0.6) is 5.75 Å². The largest absolute Gasteiger partial charge is 0.481 e. The van der Waals surface area contributed by atoms with Gasteiger partial charge >= 0.3 is 0 Å². The lowest BCUT2D eigenvalue weighted by Crippen LogP contribution is -2.24. The summed E-state index contributed by atoms with van der Waals surface area (Å²) in [5.74, 6) is 1.50. The van der Waals surface area contributed by atoms with Gasteiger partial charge in [0.1, 0.15) is 5.75 Å². The van der Waals surface area contributed by atoms with Gasteiger partial charge < -0.3 is 19.7 Å². The third-order valence-electron chi connectivity index (χ3n) is 5.61. The van der Waals surface area contributed by atoms with E-state index in [1.807, 2.05) is 18.2 Å². The topological polar surface area (TPSA) is 92.2 Å². The van der Waals surface area contributed by atoms with Crippen LogP contribution in [0.4, 0.5) is 5.69 Å². The molecule has 1 unspecified atom stereocenters. The van der Waals surface area contributed by atoms with Crippen LogP contribution in [-0.2, 0) is 26.0 Å². The number of rotatable bonds is 5. The normalized spacial score (nSPS) is 17.9. The number of aliphatic hydroxyl groups excluding tert-OH is 1. The maximum absolute atomic E-state index is 9.57. The first kappa shape index (κ1) is 20.4. The van der Waals surface area contributed by atoms with E-state index in [1.54, 1.807) is 7.05 Å². The fourth-order valence-electron chi connectivity index (χ4n) is 4.20. The molecule has 0 spiro atoms. The van der Waals surface area contributed by atoms with Crippen molar-refractivity contribution in [2.75, 3.05) is 13.6 Å². The van der Waals surface area contributed by atoms with Gasteiger partial charge in [-0.2, -0.15) is 0 Å². The summed E-state index contributed by atoms with van der Waals surface area (Å²) in [6.07, 6.45) is 1.22. The van der Waals surface area contributed by atoms with Crippen molar-refractivity contribution in [1.29, 1.82) is 0 Å². The van der Waals surface area contributed by atoms with E-state index in [-0.39, 0.29) is 12.7 Å². The predicted octanol–water partition coefficient (Wildman–Crippen LogP) is 4.00. The third kappa shape index (κ3) is 3.49. The summed E-state index contributed by atoms with van der Waals surface area (Å²) in [5, 5.41) is 17.8. The molecule has 7 nitrogen and oxygen atoms in total. The van der Waals surface area contributed by atoms with Crippen molar-refractivity contribution in [3.05, 3.63) is 61.1 Å². The molecule has 9 heteroatoms. The minimum absolute atomic E-state index is 0.0684. The van der Waals surface area contributed by atoms with E-state index in [4.69, 9.17) is 20.9 Å². The van der Waals surface area contributed by atoms with Crippen LogP contribution in [0, 0.1) is 0 Å². The number of halogens is 1. The maximum Gasteiger partial charge on any atom is 0.182 e. The van der Waals surface area contributed by atoms with Crippen LogP contribution in [-0.4, -0.2) is 36.3 Å². The Morgan fingerprint density at radius 1 is 1.42 bits per heavy atom. The smallest absolute Gasteiger partial charge is 0.182 e. The van der Waals surface area contributed by atoms with Crippen LogP contribution in [0.15, 0.2) is 32.7 Å². The lowest BCUT2D eigenvalue weighted by molar-refractivity contribution is 0.188. The van der Waals surface area contributed by atoms with Crippen LogP contribution >= 0.6 is 22.9 Å². The van der Waals surface area contributed by atoms with E-state index >= 15 is 0 Å². The number of aromatic nitrogens is 1. The zero-order valence-corrected chi connectivity index (χ0v) is 18.5. The first-order chi connectivity index (χ1) is 15.1. The van der Waals surface area contributed by atoms with Gasteiger partial charge in [-0.1, -0.05) is 16.8 Å². The Labute approximate surface area is 188 Å². The summed E-state index contributed by atoms with van der Waals surface area (Å²) in [6.45, 7) is 5.22. The zero-order chi connectivity index (χ0) is 21.5. The van der Waals surface area contributed by atoms with Gasteiger partial charge in [-0.3, -0.25) is 9.98 Å². The minimum Gasteiger partial charge on any atom is -0.481 e. The molecule has 0 saturated carbocycles. The molecule has 3 aromatic rings. The number of thiophene rings is 1. The Balaban J connectivity index is 1.56. The average molecular weight is 457 g/mol. The summed E-state index contributed by atoms with van der Waals surface area (Å²) in [5.41, 5.74) is 5.25. The highest BCUT2D eigenvalue weighted by molar-refractivity contribution is 7.15. The summed E-state index contributed by atoms with van der Waals surface area (Å²) in [7, 11) is 1.72. The number of hydrogen-bond acceptors (Lipinski definition) is 8. The Morgan fingerprint density at radius 3 is 3.06 bits per heavy atom. The summed E-state index contributed by atoms with van der Waals surface area (Å²) in [4.78, 5) is 10.3. The van der Waals surface area contributed by atoms with Gasteiger partial charge in [0.2, 0.25) is 0 Å².